The van der Waals surface area contributed by atoms with Crippen molar-refractivity contribution in [2.24, 2.45) is 0 Å². The molecular formula is C28H18ClN. The predicted molar refractivity (Wildman–Crippen MR) is 129 cm³/mol. The number of hydrogen-bond acceptors (Lipinski definition) is 0. The maximum absolute atomic E-state index is 6.51. The first-order chi connectivity index (χ1) is 14.8. The highest BCUT2D eigenvalue weighted by atomic mass is 35.5. The normalized spacial score (nSPS) is 11.5. The summed E-state index contributed by atoms with van der Waals surface area (Å²) in [5.41, 5.74) is 5.80. The van der Waals surface area contributed by atoms with Gasteiger partial charge in [0.15, 0.2) is 0 Å². The monoisotopic (exact) mass is 403 g/mol. The van der Waals surface area contributed by atoms with Crippen molar-refractivity contribution in [2.45, 2.75) is 0 Å². The fraction of sp³-hybridized carbons (Fsp3) is 0. The van der Waals surface area contributed by atoms with E-state index < -0.39 is 0 Å². The minimum atomic E-state index is 0.733. The van der Waals surface area contributed by atoms with Gasteiger partial charge < -0.3 is 4.57 Å². The van der Waals surface area contributed by atoms with Crippen molar-refractivity contribution >= 4 is 44.2 Å². The number of hydrogen-bond donors (Lipinski definition) is 0. The maximum Gasteiger partial charge on any atom is 0.0555 e. The fourth-order valence-corrected chi connectivity index (χ4v) is 4.63. The lowest BCUT2D eigenvalue weighted by atomic mass is 10.0. The Labute approximate surface area is 179 Å². The summed E-state index contributed by atoms with van der Waals surface area (Å²) in [5.74, 6) is 0. The largest absolute Gasteiger partial charge is 0.309 e. The summed E-state index contributed by atoms with van der Waals surface area (Å²) in [6.45, 7) is 0. The number of benzene rings is 5. The average Bonchev–Trinajstić information content (AvgIpc) is 3.11. The Morgan fingerprint density at radius 3 is 2.07 bits per heavy atom. The first-order valence-electron chi connectivity index (χ1n) is 10.1. The van der Waals surface area contributed by atoms with Crippen LogP contribution in [0.5, 0.6) is 0 Å². The molecule has 0 radical (unpaired) electrons. The average molecular weight is 404 g/mol. The van der Waals surface area contributed by atoms with Gasteiger partial charge in [-0.2, -0.15) is 0 Å². The van der Waals surface area contributed by atoms with Crippen molar-refractivity contribution in [1.29, 1.82) is 0 Å². The van der Waals surface area contributed by atoms with Crippen LogP contribution in [0.2, 0.25) is 5.02 Å². The lowest BCUT2D eigenvalue weighted by molar-refractivity contribution is 1.18. The van der Waals surface area contributed by atoms with Gasteiger partial charge in [0.25, 0.3) is 0 Å². The number of halogens is 1. The third-order valence-electron chi connectivity index (χ3n) is 5.83. The standard InChI is InChI=1S/C28H18ClN/c29-22-14-15-23(19-8-2-1-3-9-19)28(18-22)30-26-13-7-6-12-24(26)25-16-20-10-4-5-11-21(20)17-27(25)30/h1-18H. The van der Waals surface area contributed by atoms with Gasteiger partial charge >= 0.3 is 0 Å². The second-order valence-corrected chi connectivity index (χ2v) is 8.03. The Hall–Kier alpha value is -3.55. The second-order valence-electron chi connectivity index (χ2n) is 7.60. The van der Waals surface area contributed by atoms with E-state index in [0.29, 0.717) is 0 Å². The first-order valence-corrected chi connectivity index (χ1v) is 10.4. The van der Waals surface area contributed by atoms with Crippen molar-refractivity contribution in [3.05, 3.63) is 114 Å². The van der Waals surface area contributed by atoms with Gasteiger partial charge in [-0.15, -0.1) is 0 Å². The molecule has 0 N–H and O–H groups in total. The second kappa shape index (κ2) is 6.76. The summed E-state index contributed by atoms with van der Waals surface area (Å²) < 4.78 is 2.35. The van der Waals surface area contributed by atoms with Gasteiger partial charge in [-0.25, -0.2) is 0 Å². The summed E-state index contributed by atoms with van der Waals surface area (Å²) in [6, 6.07) is 38.4. The predicted octanol–water partition coefficient (Wildman–Crippen LogP) is 8.26. The van der Waals surface area contributed by atoms with Crippen LogP contribution in [-0.2, 0) is 0 Å². The summed E-state index contributed by atoms with van der Waals surface area (Å²) in [6.07, 6.45) is 0. The molecule has 0 unspecified atom stereocenters. The number of aromatic nitrogens is 1. The highest BCUT2D eigenvalue weighted by molar-refractivity contribution is 6.31. The van der Waals surface area contributed by atoms with Crippen LogP contribution in [0.4, 0.5) is 0 Å². The van der Waals surface area contributed by atoms with Crippen LogP contribution in [0.1, 0.15) is 0 Å². The van der Waals surface area contributed by atoms with Gasteiger partial charge in [-0.1, -0.05) is 90.5 Å². The van der Waals surface area contributed by atoms with Crippen LogP contribution in [0.15, 0.2) is 109 Å². The minimum Gasteiger partial charge on any atom is -0.309 e. The number of rotatable bonds is 2. The van der Waals surface area contributed by atoms with E-state index >= 15 is 0 Å². The van der Waals surface area contributed by atoms with Crippen LogP contribution in [0.3, 0.4) is 0 Å². The van der Waals surface area contributed by atoms with Crippen LogP contribution < -0.4 is 0 Å². The molecule has 0 saturated heterocycles. The first kappa shape index (κ1) is 17.3. The van der Waals surface area contributed by atoms with Gasteiger partial charge in [0, 0.05) is 21.4 Å². The Kier molecular flexibility index (Phi) is 3.90. The Balaban J connectivity index is 1.79. The smallest absolute Gasteiger partial charge is 0.0555 e. The molecule has 0 fully saturated rings. The topological polar surface area (TPSA) is 4.93 Å². The molecule has 0 aliphatic carbocycles. The lowest BCUT2D eigenvalue weighted by Gasteiger charge is -2.15. The third-order valence-corrected chi connectivity index (χ3v) is 6.06. The van der Waals surface area contributed by atoms with E-state index in [4.69, 9.17) is 11.6 Å². The molecule has 1 aromatic heterocycles. The van der Waals surface area contributed by atoms with Gasteiger partial charge in [-0.05, 0) is 46.7 Å². The fourth-order valence-electron chi connectivity index (χ4n) is 4.47. The number of fused-ring (bicyclic) bond motifs is 4. The lowest BCUT2D eigenvalue weighted by Crippen LogP contribution is -1.97. The molecule has 1 nitrogen and oxygen atoms in total. The molecule has 0 aliphatic rings. The minimum absolute atomic E-state index is 0.733. The molecule has 6 rings (SSSR count). The molecule has 5 aromatic carbocycles. The molecule has 0 saturated carbocycles. The molecule has 142 valence electrons. The van der Waals surface area contributed by atoms with E-state index in [1.165, 1.54) is 38.1 Å². The summed E-state index contributed by atoms with van der Waals surface area (Å²) in [4.78, 5) is 0. The summed E-state index contributed by atoms with van der Waals surface area (Å²) in [5, 5.41) is 5.72. The van der Waals surface area contributed by atoms with Crippen molar-refractivity contribution in [1.82, 2.24) is 4.57 Å². The van der Waals surface area contributed by atoms with E-state index in [9.17, 15) is 0 Å². The molecular weight excluding hydrogens is 386 g/mol. The Morgan fingerprint density at radius 2 is 1.23 bits per heavy atom. The molecule has 30 heavy (non-hydrogen) atoms. The molecule has 1 heterocycles. The third kappa shape index (κ3) is 2.63. The SMILES string of the molecule is Clc1ccc(-c2ccccc2)c(-n2c3ccccc3c3cc4ccccc4cc32)c1. The van der Waals surface area contributed by atoms with Crippen molar-refractivity contribution in [3.63, 3.8) is 0 Å². The van der Waals surface area contributed by atoms with E-state index in [2.05, 4.69) is 102 Å². The van der Waals surface area contributed by atoms with Crippen LogP contribution in [0.25, 0.3) is 49.4 Å². The van der Waals surface area contributed by atoms with Crippen molar-refractivity contribution < 1.29 is 0 Å². The van der Waals surface area contributed by atoms with Crippen LogP contribution in [-0.4, -0.2) is 4.57 Å². The zero-order valence-corrected chi connectivity index (χ0v) is 17.0. The summed E-state index contributed by atoms with van der Waals surface area (Å²) in [7, 11) is 0. The van der Waals surface area contributed by atoms with E-state index in [1.54, 1.807) is 0 Å². The van der Waals surface area contributed by atoms with Crippen molar-refractivity contribution in [2.75, 3.05) is 0 Å². The van der Waals surface area contributed by atoms with E-state index in [1.807, 2.05) is 12.1 Å². The Bertz CT molecular complexity index is 1540. The van der Waals surface area contributed by atoms with Crippen molar-refractivity contribution in [3.8, 4) is 16.8 Å². The van der Waals surface area contributed by atoms with Gasteiger partial charge in [-0.3, -0.25) is 0 Å². The highest BCUT2D eigenvalue weighted by Crippen LogP contribution is 2.38. The maximum atomic E-state index is 6.51. The number of para-hydroxylation sites is 1. The summed E-state index contributed by atoms with van der Waals surface area (Å²) >= 11 is 6.51. The number of nitrogens with zero attached hydrogens (tertiary/aromatic N) is 1. The zero-order chi connectivity index (χ0) is 20.1. The van der Waals surface area contributed by atoms with Gasteiger partial charge in [0.2, 0.25) is 0 Å². The molecule has 0 aliphatic heterocycles. The highest BCUT2D eigenvalue weighted by Gasteiger charge is 2.16. The van der Waals surface area contributed by atoms with Gasteiger partial charge in [0.05, 0.1) is 16.7 Å². The molecule has 0 amide bonds. The molecule has 0 spiro atoms. The quantitative estimate of drug-likeness (QED) is 0.274. The van der Waals surface area contributed by atoms with E-state index in [-0.39, 0.29) is 0 Å². The molecule has 0 bridgehead atoms. The Morgan fingerprint density at radius 1 is 0.533 bits per heavy atom. The zero-order valence-electron chi connectivity index (χ0n) is 16.2. The van der Waals surface area contributed by atoms with E-state index in [0.717, 1.165) is 16.3 Å². The van der Waals surface area contributed by atoms with Gasteiger partial charge in [0.1, 0.15) is 0 Å². The van der Waals surface area contributed by atoms with Crippen LogP contribution >= 0.6 is 11.6 Å². The van der Waals surface area contributed by atoms with Crippen LogP contribution in [0, 0.1) is 0 Å². The molecule has 0 atom stereocenters. The molecule has 2 heteroatoms. The molecule has 6 aromatic rings.